The molecule has 0 saturated carbocycles. The van der Waals surface area contributed by atoms with Gasteiger partial charge in [0.25, 0.3) is 0 Å². The van der Waals surface area contributed by atoms with Crippen LogP contribution in [0.25, 0.3) is 0 Å². The van der Waals surface area contributed by atoms with Crippen LogP contribution < -0.4 is 9.47 Å². The predicted octanol–water partition coefficient (Wildman–Crippen LogP) is 4.48. The molecule has 0 bridgehead atoms. The summed E-state index contributed by atoms with van der Waals surface area (Å²) in [5.41, 5.74) is 2.77. The third kappa shape index (κ3) is 3.87. The summed E-state index contributed by atoms with van der Waals surface area (Å²) in [6.07, 6.45) is 0. The van der Waals surface area contributed by atoms with Crippen molar-refractivity contribution in [2.24, 2.45) is 0 Å². The summed E-state index contributed by atoms with van der Waals surface area (Å²) < 4.78 is 11.9. The Morgan fingerprint density at radius 1 is 1.25 bits per heavy atom. The average molecular weight is 357 g/mol. The van der Waals surface area contributed by atoms with Crippen LogP contribution in [0.3, 0.4) is 0 Å². The van der Waals surface area contributed by atoms with E-state index < -0.39 is 0 Å². The van der Waals surface area contributed by atoms with Crippen LogP contribution in [0, 0.1) is 6.92 Å². The van der Waals surface area contributed by atoms with E-state index in [0.29, 0.717) is 12.5 Å². The molecule has 2 aromatic rings. The number of benzene rings is 1. The lowest BCUT2D eigenvalue weighted by Gasteiger charge is -2.10. The fraction of sp³-hybridized carbons (Fsp3) is 0.267. The van der Waals surface area contributed by atoms with Gasteiger partial charge in [-0.1, -0.05) is 6.07 Å². The van der Waals surface area contributed by atoms with Gasteiger partial charge in [0.1, 0.15) is 18.1 Å². The fourth-order valence-corrected chi connectivity index (χ4v) is 2.50. The molecule has 0 spiro atoms. The number of nitrogens with zero attached hydrogens (tertiary/aromatic N) is 1. The van der Waals surface area contributed by atoms with Crippen molar-refractivity contribution >= 4 is 27.5 Å². The van der Waals surface area contributed by atoms with Crippen LogP contribution in [0.1, 0.15) is 17.0 Å². The Labute approximate surface area is 132 Å². The molecule has 0 fully saturated rings. The van der Waals surface area contributed by atoms with E-state index in [1.807, 2.05) is 37.3 Å². The molecule has 5 heteroatoms. The number of methoxy groups -OCH3 is 1. The predicted molar refractivity (Wildman–Crippen MR) is 83.6 cm³/mol. The maximum absolute atomic E-state index is 5.79. The van der Waals surface area contributed by atoms with Crippen molar-refractivity contribution in [3.8, 4) is 11.5 Å². The number of rotatable bonds is 5. The number of ether oxygens (including phenoxy) is 2. The van der Waals surface area contributed by atoms with E-state index in [1.54, 1.807) is 7.11 Å². The van der Waals surface area contributed by atoms with Gasteiger partial charge in [-0.3, -0.25) is 4.98 Å². The molecule has 0 aliphatic rings. The highest BCUT2D eigenvalue weighted by molar-refractivity contribution is 9.10. The molecule has 0 aliphatic carbocycles. The van der Waals surface area contributed by atoms with Crippen LogP contribution in [0.4, 0.5) is 0 Å². The third-order valence-electron chi connectivity index (χ3n) is 2.74. The summed E-state index contributed by atoms with van der Waals surface area (Å²) in [7, 11) is 1.64. The Morgan fingerprint density at radius 2 is 2.05 bits per heavy atom. The van der Waals surface area contributed by atoms with Crippen molar-refractivity contribution in [2.75, 3.05) is 7.11 Å². The molecule has 20 heavy (non-hydrogen) atoms. The minimum Gasteiger partial charge on any atom is -0.497 e. The Balaban J connectivity index is 2.10. The fourth-order valence-electron chi connectivity index (χ4n) is 1.79. The van der Waals surface area contributed by atoms with Gasteiger partial charge in [0.2, 0.25) is 0 Å². The monoisotopic (exact) mass is 355 g/mol. The van der Waals surface area contributed by atoms with Crippen LogP contribution >= 0.6 is 27.5 Å². The van der Waals surface area contributed by atoms with Gasteiger partial charge in [0, 0.05) is 23.7 Å². The molecule has 3 nitrogen and oxygen atoms in total. The second-order valence-electron chi connectivity index (χ2n) is 4.33. The van der Waals surface area contributed by atoms with Crippen LogP contribution in [0.2, 0.25) is 0 Å². The number of hydrogen-bond acceptors (Lipinski definition) is 3. The maximum Gasteiger partial charge on any atom is 0.134 e. The van der Waals surface area contributed by atoms with Crippen molar-refractivity contribution in [1.82, 2.24) is 4.98 Å². The first-order chi connectivity index (χ1) is 9.62. The van der Waals surface area contributed by atoms with Gasteiger partial charge in [-0.05, 0) is 40.5 Å². The first-order valence-corrected chi connectivity index (χ1v) is 7.44. The third-order valence-corrected chi connectivity index (χ3v) is 3.67. The molecule has 1 aromatic carbocycles. The van der Waals surface area contributed by atoms with Crippen LogP contribution in [0.5, 0.6) is 11.5 Å². The molecule has 1 heterocycles. The zero-order valence-corrected chi connectivity index (χ0v) is 13.7. The number of alkyl halides is 1. The SMILES string of the molecule is COc1cc(C)nc(COc2ccc(CCl)cc2Br)c1. The minimum atomic E-state index is 0.386. The lowest BCUT2D eigenvalue weighted by Crippen LogP contribution is -2.01. The molecule has 0 radical (unpaired) electrons. The zero-order valence-electron chi connectivity index (χ0n) is 11.3. The Hall–Kier alpha value is -1.26. The van der Waals surface area contributed by atoms with Crippen molar-refractivity contribution in [1.29, 1.82) is 0 Å². The van der Waals surface area contributed by atoms with Gasteiger partial charge in [-0.2, -0.15) is 0 Å². The highest BCUT2D eigenvalue weighted by atomic mass is 79.9. The maximum atomic E-state index is 5.79. The van der Waals surface area contributed by atoms with E-state index in [0.717, 1.165) is 32.9 Å². The molecule has 0 unspecified atom stereocenters. The number of hydrogen-bond donors (Lipinski definition) is 0. The van der Waals surface area contributed by atoms with Crippen molar-refractivity contribution in [3.63, 3.8) is 0 Å². The van der Waals surface area contributed by atoms with E-state index in [4.69, 9.17) is 21.1 Å². The summed E-state index contributed by atoms with van der Waals surface area (Å²) in [5, 5.41) is 0. The summed E-state index contributed by atoms with van der Waals surface area (Å²) in [4.78, 5) is 4.42. The average Bonchev–Trinajstić information content (AvgIpc) is 2.45. The number of halogens is 2. The highest BCUT2D eigenvalue weighted by Crippen LogP contribution is 2.27. The van der Waals surface area contributed by atoms with E-state index in [-0.39, 0.29) is 0 Å². The van der Waals surface area contributed by atoms with Gasteiger partial charge in [0.15, 0.2) is 0 Å². The first-order valence-electron chi connectivity index (χ1n) is 6.11. The number of aryl methyl sites for hydroxylation is 1. The van der Waals surface area contributed by atoms with Gasteiger partial charge in [-0.25, -0.2) is 0 Å². The molecule has 0 saturated heterocycles. The van der Waals surface area contributed by atoms with Gasteiger partial charge in [-0.15, -0.1) is 11.6 Å². The highest BCUT2D eigenvalue weighted by Gasteiger charge is 2.05. The molecule has 1 aromatic heterocycles. The molecule has 0 N–H and O–H groups in total. The second-order valence-corrected chi connectivity index (χ2v) is 5.45. The molecule has 0 aliphatic heterocycles. The van der Waals surface area contributed by atoms with E-state index in [2.05, 4.69) is 20.9 Å². The Bertz CT molecular complexity index is 604. The van der Waals surface area contributed by atoms with Gasteiger partial charge >= 0.3 is 0 Å². The van der Waals surface area contributed by atoms with Crippen molar-refractivity contribution in [2.45, 2.75) is 19.4 Å². The van der Waals surface area contributed by atoms with Gasteiger partial charge < -0.3 is 9.47 Å². The van der Waals surface area contributed by atoms with Crippen LogP contribution in [0.15, 0.2) is 34.8 Å². The number of aromatic nitrogens is 1. The Kier molecular flexibility index (Phi) is 5.26. The normalized spacial score (nSPS) is 10.4. The van der Waals surface area contributed by atoms with Crippen LogP contribution in [-0.2, 0) is 12.5 Å². The molecule has 2 rings (SSSR count). The lowest BCUT2D eigenvalue weighted by atomic mass is 10.2. The quantitative estimate of drug-likeness (QED) is 0.740. The summed E-state index contributed by atoms with van der Waals surface area (Å²) in [5.74, 6) is 2.03. The van der Waals surface area contributed by atoms with Gasteiger partial charge in [0.05, 0.1) is 17.3 Å². The number of pyridine rings is 1. The molecule has 106 valence electrons. The molecule has 0 amide bonds. The topological polar surface area (TPSA) is 31.4 Å². The molecule has 0 atom stereocenters. The van der Waals surface area contributed by atoms with E-state index in [9.17, 15) is 0 Å². The summed E-state index contributed by atoms with van der Waals surface area (Å²) >= 11 is 9.26. The summed E-state index contributed by atoms with van der Waals surface area (Å²) in [6, 6.07) is 9.54. The second kappa shape index (κ2) is 6.95. The lowest BCUT2D eigenvalue weighted by molar-refractivity contribution is 0.298. The summed E-state index contributed by atoms with van der Waals surface area (Å²) in [6.45, 7) is 2.31. The van der Waals surface area contributed by atoms with Crippen molar-refractivity contribution in [3.05, 3.63) is 51.8 Å². The smallest absolute Gasteiger partial charge is 0.134 e. The van der Waals surface area contributed by atoms with E-state index >= 15 is 0 Å². The molecular weight excluding hydrogens is 342 g/mol. The standard InChI is InChI=1S/C15H15BrClNO2/c1-10-5-13(19-2)7-12(18-10)9-20-15-4-3-11(8-17)6-14(15)16/h3-7H,8-9H2,1-2H3. The van der Waals surface area contributed by atoms with E-state index in [1.165, 1.54) is 0 Å². The van der Waals surface area contributed by atoms with Crippen LogP contribution in [-0.4, -0.2) is 12.1 Å². The Morgan fingerprint density at radius 3 is 2.70 bits per heavy atom. The van der Waals surface area contributed by atoms with Crippen molar-refractivity contribution < 1.29 is 9.47 Å². The molecular formula is C15H15BrClNO2. The zero-order chi connectivity index (χ0) is 14.5. The minimum absolute atomic E-state index is 0.386. The largest absolute Gasteiger partial charge is 0.497 e. The first kappa shape index (κ1) is 15.1.